The Kier molecular flexibility index (Phi) is 9.15. The summed E-state index contributed by atoms with van der Waals surface area (Å²) in [6.07, 6.45) is 0. The van der Waals surface area contributed by atoms with Crippen LogP contribution >= 0.6 is 0 Å². The second-order valence-corrected chi connectivity index (χ2v) is 1.80. The van der Waals surface area contributed by atoms with Crippen molar-refractivity contribution in [3.8, 4) is 0 Å². The Balaban J connectivity index is 0. The highest BCUT2D eigenvalue weighted by Crippen LogP contribution is 1.75. The molecule has 0 heterocycles. The van der Waals surface area contributed by atoms with Crippen molar-refractivity contribution < 1.29 is 4.70 Å². The second kappa shape index (κ2) is 6.24. The molecule has 0 amide bonds. The molecule has 0 atom stereocenters. The lowest BCUT2D eigenvalue weighted by Crippen LogP contribution is -3.00. The summed E-state index contributed by atoms with van der Waals surface area (Å²) in [5.74, 6) is 0. The van der Waals surface area contributed by atoms with Gasteiger partial charge < -0.3 is 4.70 Å². The summed E-state index contributed by atoms with van der Waals surface area (Å²) in [5, 5.41) is 0. The molecule has 7 heavy (non-hydrogen) atoms. The highest BCUT2D eigenvalue weighted by molar-refractivity contribution is 7.55. The number of halogens is 1. The van der Waals surface area contributed by atoms with Crippen LogP contribution in [0, 0.1) is 0 Å². The van der Waals surface area contributed by atoms with Crippen molar-refractivity contribution in [2.24, 2.45) is 0 Å². The zero-order valence-corrected chi connectivity index (χ0v) is 5.74. The molecule has 0 saturated heterocycles. The van der Waals surface area contributed by atoms with Gasteiger partial charge in [0.2, 0.25) is 0 Å². The topological polar surface area (TPSA) is 3.24 Å². The van der Waals surface area contributed by atoms with E-state index in [-0.39, 0.29) is 4.70 Å². The Morgan fingerprint density at radius 1 is 1.29 bits per heavy atom. The normalized spacial score (nSPS) is 8.57. The third-order valence-electron chi connectivity index (χ3n) is 0.763. The van der Waals surface area contributed by atoms with Gasteiger partial charge in [-0.2, -0.15) is 0 Å². The van der Waals surface area contributed by atoms with E-state index in [1.807, 2.05) is 0 Å². The van der Waals surface area contributed by atoms with Crippen LogP contribution < -0.4 is 4.70 Å². The first-order chi connectivity index (χ1) is 2.81. The van der Waals surface area contributed by atoms with Crippen molar-refractivity contribution in [3.05, 3.63) is 0 Å². The molecule has 0 aromatic carbocycles. The molecule has 0 bridgehead atoms. The molecule has 0 aliphatic carbocycles. The summed E-state index contributed by atoms with van der Waals surface area (Å²) >= 11 is 3.35. The number of rotatable bonds is 2. The highest BCUT2D eigenvalue weighted by Gasteiger charge is 1.90. The average Bonchev–Trinajstić information content (AvgIpc) is 1.65. The first kappa shape index (κ1) is 10.3. The van der Waals surface area contributed by atoms with Crippen molar-refractivity contribution in [1.82, 2.24) is 4.31 Å². The van der Waals surface area contributed by atoms with Gasteiger partial charge >= 0.3 is 0 Å². The molecule has 46 valence electrons. The van der Waals surface area contributed by atoms with Gasteiger partial charge in [0, 0.05) is 25.9 Å². The van der Waals surface area contributed by atoms with Gasteiger partial charge in [0.15, 0.2) is 0 Å². The highest BCUT2D eigenvalue weighted by atomic mass is 32.1. The summed E-state index contributed by atoms with van der Waals surface area (Å²) in [6.45, 7) is 6.37. The van der Waals surface area contributed by atoms with Crippen LogP contribution in [0.4, 0.5) is 0 Å². The molecular weight excluding hydrogens is 113 g/mol. The van der Waals surface area contributed by atoms with Crippen LogP contribution in [-0.2, 0) is 12.8 Å². The van der Waals surface area contributed by atoms with Gasteiger partial charge in [-0.3, -0.25) is 0 Å². The average molecular weight is 125 g/mol. The zero-order valence-electron chi connectivity index (χ0n) is 4.74. The first-order valence-electron chi connectivity index (χ1n) is 2.27. The van der Waals surface area contributed by atoms with Crippen LogP contribution in [0.1, 0.15) is 13.8 Å². The van der Waals surface area contributed by atoms with Crippen LogP contribution in [0.15, 0.2) is 0 Å². The van der Waals surface area contributed by atoms with Gasteiger partial charge in [0.1, 0.15) is 0 Å². The van der Waals surface area contributed by atoms with Gasteiger partial charge in [-0.05, 0) is 13.8 Å². The maximum Gasteiger partial charge on any atom is 0.0451 e. The lowest BCUT2D eigenvalue weighted by molar-refractivity contribution is -0.00000139. The van der Waals surface area contributed by atoms with E-state index < -0.39 is 0 Å². The van der Waals surface area contributed by atoms with Crippen molar-refractivity contribution in [3.63, 3.8) is 0 Å². The van der Waals surface area contributed by atoms with Crippen molar-refractivity contribution in [2.75, 3.05) is 13.1 Å². The number of hydrogen-bond acceptors (Lipinski definition) is 1. The van der Waals surface area contributed by atoms with E-state index >= 15 is 0 Å². The third kappa shape index (κ3) is 6.24. The van der Waals surface area contributed by atoms with E-state index in [1.54, 1.807) is 0 Å². The van der Waals surface area contributed by atoms with E-state index in [9.17, 15) is 0 Å². The van der Waals surface area contributed by atoms with E-state index in [0.717, 1.165) is 13.1 Å². The van der Waals surface area contributed by atoms with E-state index in [4.69, 9.17) is 0 Å². The maximum atomic E-state index is 3.35. The third-order valence-corrected chi connectivity index (χ3v) is 1.40. The summed E-state index contributed by atoms with van der Waals surface area (Å²) < 4.78 is 2.06. The molecule has 1 nitrogen and oxygen atoms in total. The Morgan fingerprint density at radius 2 is 1.57 bits per heavy atom. The standard InChI is InChI=1S/C4H11NS.FH/c1-3-5(6)4-2;/h6H,3-4H2,1-2H3;1H. The Morgan fingerprint density at radius 3 is 1.57 bits per heavy atom. The molecule has 0 rings (SSSR count). The summed E-state index contributed by atoms with van der Waals surface area (Å²) in [7, 11) is 0. The Hall–Kier alpha value is 0.240. The SMILES string of the molecule is CCN([SH2+])CC.[F-]. The second-order valence-electron chi connectivity index (χ2n) is 1.17. The van der Waals surface area contributed by atoms with E-state index in [0.29, 0.717) is 0 Å². The monoisotopic (exact) mass is 125 g/mol. The van der Waals surface area contributed by atoms with Crippen LogP contribution in [-0.4, -0.2) is 17.4 Å². The van der Waals surface area contributed by atoms with Crippen LogP contribution in [0.2, 0.25) is 0 Å². The van der Waals surface area contributed by atoms with E-state index in [1.165, 1.54) is 0 Å². The Bertz CT molecular complexity index is 30.9. The van der Waals surface area contributed by atoms with Crippen LogP contribution in [0.3, 0.4) is 0 Å². The quantitative estimate of drug-likeness (QED) is 0.362. The molecular formula is C4H12FNS. The minimum atomic E-state index is 0. The molecule has 0 N–H and O–H groups in total. The Labute approximate surface area is 49.6 Å². The van der Waals surface area contributed by atoms with Crippen LogP contribution in [0.5, 0.6) is 0 Å². The van der Waals surface area contributed by atoms with Crippen molar-refractivity contribution >= 4 is 12.8 Å². The summed E-state index contributed by atoms with van der Waals surface area (Å²) in [6, 6.07) is 0. The van der Waals surface area contributed by atoms with Crippen molar-refractivity contribution in [2.45, 2.75) is 13.8 Å². The fourth-order valence-electron chi connectivity index (χ4n) is 0.224. The summed E-state index contributed by atoms with van der Waals surface area (Å²) in [5.41, 5.74) is 0. The van der Waals surface area contributed by atoms with E-state index in [2.05, 4.69) is 31.0 Å². The van der Waals surface area contributed by atoms with Gasteiger partial charge in [-0.15, -0.1) is 4.31 Å². The van der Waals surface area contributed by atoms with Gasteiger partial charge in [-0.1, -0.05) is 0 Å². The lowest BCUT2D eigenvalue weighted by atomic mass is 10.7. The molecule has 3 heteroatoms. The molecule has 0 unspecified atom stereocenters. The largest absolute Gasteiger partial charge is 1.00 e. The van der Waals surface area contributed by atoms with Gasteiger partial charge in [0.25, 0.3) is 0 Å². The summed E-state index contributed by atoms with van der Waals surface area (Å²) in [4.78, 5) is 0. The van der Waals surface area contributed by atoms with Gasteiger partial charge in [0.05, 0.1) is 0 Å². The predicted molar refractivity (Wildman–Crippen MR) is 33.1 cm³/mol. The maximum absolute atomic E-state index is 3.35. The molecule has 0 spiro atoms. The van der Waals surface area contributed by atoms with Crippen LogP contribution in [0.25, 0.3) is 0 Å². The molecule has 0 aromatic heterocycles. The fourth-order valence-corrected chi connectivity index (χ4v) is 0.224. The minimum Gasteiger partial charge on any atom is -1.00 e. The number of nitrogens with zero attached hydrogens (tertiary/aromatic N) is 1. The molecule has 0 saturated carbocycles. The van der Waals surface area contributed by atoms with Gasteiger partial charge in [-0.25, -0.2) is 0 Å². The lowest BCUT2D eigenvalue weighted by Gasteiger charge is -1.97. The molecule has 0 fully saturated rings. The number of hydrogen-bond donors (Lipinski definition) is 0. The molecule has 0 aliphatic rings. The zero-order chi connectivity index (χ0) is 4.99. The van der Waals surface area contributed by atoms with Crippen molar-refractivity contribution in [1.29, 1.82) is 0 Å². The molecule has 0 aromatic rings. The fraction of sp³-hybridized carbons (Fsp3) is 1.00. The predicted octanol–water partition coefficient (Wildman–Crippen LogP) is -2.74. The first-order valence-corrected chi connectivity index (χ1v) is 2.72. The molecule has 0 radical (unpaired) electrons. The smallest absolute Gasteiger partial charge is 0.0451 e. The minimum absolute atomic E-state index is 0. The molecule has 0 aliphatic heterocycles.